The minimum absolute atomic E-state index is 0.0560. The Morgan fingerprint density at radius 1 is 0.974 bits per heavy atom. The van der Waals surface area contributed by atoms with E-state index in [0.29, 0.717) is 55.5 Å². The molecule has 206 valence electrons. The summed E-state index contributed by atoms with van der Waals surface area (Å²) in [6.07, 6.45) is 9.01. The van der Waals surface area contributed by atoms with Crippen molar-refractivity contribution in [3.63, 3.8) is 0 Å². The fourth-order valence-electron chi connectivity index (χ4n) is 5.45. The fourth-order valence-corrected chi connectivity index (χ4v) is 5.45. The Labute approximate surface area is 225 Å². The predicted molar refractivity (Wildman–Crippen MR) is 146 cm³/mol. The molecular weight excluding hydrogens is 482 g/mol. The van der Waals surface area contributed by atoms with Crippen molar-refractivity contribution < 1.29 is 28.9 Å². The predicted octanol–water partition coefficient (Wildman–Crippen LogP) is 5.79. The van der Waals surface area contributed by atoms with E-state index in [9.17, 15) is 14.7 Å². The Balaban J connectivity index is 1.25. The molecule has 2 N–H and O–H groups in total. The van der Waals surface area contributed by atoms with Crippen LogP contribution in [0.15, 0.2) is 42.5 Å². The van der Waals surface area contributed by atoms with Gasteiger partial charge < -0.3 is 24.6 Å². The van der Waals surface area contributed by atoms with Crippen LogP contribution in [0.4, 0.5) is 0 Å². The minimum Gasteiger partial charge on any atom is -0.497 e. The standard InChI is InChI=1S/C31H41NO6/c1-36-25-15-12-23(13-16-25)27(33)9-3-2-4-10-30(34)32-26(17-11-22-7-5-6-8-22)31(35)24-14-18-28-29(21-24)38-20-19-37-28/h12-16,18,21-22,26,31,35H,2-11,17,19-20H2,1H3,(H,32,34). The van der Waals surface area contributed by atoms with Crippen LogP contribution in [-0.4, -0.2) is 43.2 Å². The Kier molecular flexibility index (Phi) is 10.4. The third-order valence-corrected chi connectivity index (χ3v) is 7.72. The van der Waals surface area contributed by atoms with Gasteiger partial charge in [-0.1, -0.05) is 38.2 Å². The van der Waals surface area contributed by atoms with Crippen LogP contribution in [0.2, 0.25) is 0 Å². The number of fused-ring (bicyclic) bond motifs is 1. The molecule has 0 radical (unpaired) electrons. The van der Waals surface area contributed by atoms with Crippen LogP contribution in [0, 0.1) is 5.92 Å². The second-order valence-electron chi connectivity index (χ2n) is 10.5. The first-order valence-electron chi connectivity index (χ1n) is 14.1. The third-order valence-electron chi connectivity index (χ3n) is 7.72. The monoisotopic (exact) mass is 523 g/mol. The van der Waals surface area contributed by atoms with Crippen LogP contribution in [0.1, 0.15) is 92.7 Å². The van der Waals surface area contributed by atoms with Gasteiger partial charge in [-0.3, -0.25) is 9.59 Å². The van der Waals surface area contributed by atoms with Crippen LogP contribution >= 0.6 is 0 Å². The van der Waals surface area contributed by atoms with Crippen molar-refractivity contribution in [2.45, 2.75) is 82.8 Å². The molecule has 4 rings (SSSR count). The Morgan fingerprint density at radius 2 is 1.68 bits per heavy atom. The molecule has 1 heterocycles. The van der Waals surface area contributed by atoms with Gasteiger partial charge in [0, 0.05) is 18.4 Å². The number of aliphatic hydroxyl groups is 1. The minimum atomic E-state index is -0.821. The van der Waals surface area contributed by atoms with Gasteiger partial charge in [-0.25, -0.2) is 0 Å². The Bertz CT molecular complexity index is 1050. The van der Waals surface area contributed by atoms with Crippen molar-refractivity contribution >= 4 is 11.7 Å². The van der Waals surface area contributed by atoms with Crippen molar-refractivity contribution in [2.75, 3.05) is 20.3 Å². The highest BCUT2D eigenvalue weighted by atomic mass is 16.6. The number of carbonyl (C=O) groups excluding carboxylic acids is 2. The maximum atomic E-state index is 12.9. The molecular formula is C31H41NO6. The average molecular weight is 524 g/mol. The number of hydrogen-bond donors (Lipinski definition) is 2. The number of unbranched alkanes of at least 4 members (excludes halogenated alkanes) is 2. The van der Waals surface area contributed by atoms with E-state index in [1.807, 2.05) is 18.2 Å². The Morgan fingerprint density at radius 3 is 2.42 bits per heavy atom. The lowest BCUT2D eigenvalue weighted by Gasteiger charge is -2.27. The number of carbonyl (C=O) groups is 2. The third kappa shape index (κ3) is 7.97. The zero-order valence-electron chi connectivity index (χ0n) is 22.5. The molecule has 0 spiro atoms. The highest BCUT2D eigenvalue weighted by molar-refractivity contribution is 5.96. The van der Waals surface area contributed by atoms with Gasteiger partial charge in [0.05, 0.1) is 19.3 Å². The van der Waals surface area contributed by atoms with Crippen LogP contribution in [0.3, 0.4) is 0 Å². The number of ether oxygens (including phenoxy) is 3. The second kappa shape index (κ2) is 14.2. The topological polar surface area (TPSA) is 94.1 Å². The molecule has 2 aromatic carbocycles. The smallest absolute Gasteiger partial charge is 0.220 e. The lowest BCUT2D eigenvalue weighted by atomic mass is 9.92. The second-order valence-corrected chi connectivity index (χ2v) is 10.5. The number of amides is 1. The molecule has 2 aliphatic rings. The molecule has 2 unspecified atom stereocenters. The van der Waals surface area contributed by atoms with Gasteiger partial charge in [-0.15, -0.1) is 0 Å². The summed E-state index contributed by atoms with van der Waals surface area (Å²) in [5, 5.41) is 14.4. The molecule has 1 saturated carbocycles. The molecule has 0 saturated heterocycles. The summed E-state index contributed by atoms with van der Waals surface area (Å²) in [5.41, 5.74) is 1.41. The maximum absolute atomic E-state index is 12.9. The van der Waals surface area contributed by atoms with Gasteiger partial charge in [0.2, 0.25) is 5.91 Å². The summed E-state index contributed by atoms with van der Waals surface area (Å²) >= 11 is 0. The van der Waals surface area contributed by atoms with E-state index in [-0.39, 0.29) is 17.7 Å². The number of benzene rings is 2. The molecule has 7 heteroatoms. The summed E-state index contributed by atoms with van der Waals surface area (Å²) in [6.45, 7) is 1.00. The van der Waals surface area contributed by atoms with Gasteiger partial charge in [0.25, 0.3) is 0 Å². The molecule has 38 heavy (non-hydrogen) atoms. The van der Waals surface area contributed by atoms with E-state index in [0.717, 1.165) is 37.0 Å². The van der Waals surface area contributed by atoms with Gasteiger partial charge in [0.15, 0.2) is 17.3 Å². The molecule has 0 bridgehead atoms. The van der Waals surface area contributed by atoms with Crippen molar-refractivity contribution in [2.24, 2.45) is 5.92 Å². The van der Waals surface area contributed by atoms with Gasteiger partial charge in [0.1, 0.15) is 19.0 Å². The SMILES string of the molecule is COc1ccc(C(=O)CCCCCC(=O)NC(CCC2CCCC2)C(O)c2ccc3c(c2)OCCO3)cc1. The van der Waals surface area contributed by atoms with Crippen LogP contribution in [0.25, 0.3) is 0 Å². The first-order chi connectivity index (χ1) is 18.5. The largest absolute Gasteiger partial charge is 0.497 e. The van der Waals surface area contributed by atoms with Crippen LogP contribution < -0.4 is 19.5 Å². The number of Topliss-reactive ketones (excluding diaryl/α,β-unsaturated/α-hetero) is 1. The van der Waals surface area contributed by atoms with E-state index in [1.165, 1.54) is 25.7 Å². The fraction of sp³-hybridized carbons (Fsp3) is 0.548. The average Bonchev–Trinajstić information content (AvgIpc) is 3.48. The summed E-state index contributed by atoms with van der Waals surface area (Å²) in [7, 11) is 1.60. The summed E-state index contributed by atoms with van der Waals surface area (Å²) in [5.74, 6) is 2.77. The van der Waals surface area contributed by atoms with Crippen molar-refractivity contribution in [3.8, 4) is 17.2 Å². The van der Waals surface area contributed by atoms with E-state index in [2.05, 4.69) is 5.32 Å². The van der Waals surface area contributed by atoms with Gasteiger partial charge in [-0.2, -0.15) is 0 Å². The number of rotatable bonds is 14. The van der Waals surface area contributed by atoms with Gasteiger partial charge in [-0.05, 0) is 73.6 Å². The lowest BCUT2D eigenvalue weighted by molar-refractivity contribution is -0.122. The highest BCUT2D eigenvalue weighted by Gasteiger charge is 2.26. The number of aliphatic hydroxyl groups excluding tert-OH is 1. The van der Waals surface area contributed by atoms with Crippen LogP contribution in [-0.2, 0) is 4.79 Å². The lowest BCUT2D eigenvalue weighted by Crippen LogP contribution is -2.39. The number of methoxy groups -OCH3 is 1. The molecule has 2 atom stereocenters. The maximum Gasteiger partial charge on any atom is 0.220 e. The van der Waals surface area contributed by atoms with Crippen molar-refractivity contribution in [1.29, 1.82) is 0 Å². The first kappa shape index (κ1) is 28.0. The first-order valence-corrected chi connectivity index (χ1v) is 14.1. The van der Waals surface area contributed by atoms with E-state index < -0.39 is 6.10 Å². The number of hydrogen-bond acceptors (Lipinski definition) is 6. The van der Waals surface area contributed by atoms with Crippen molar-refractivity contribution in [1.82, 2.24) is 5.32 Å². The van der Waals surface area contributed by atoms with E-state index >= 15 is 0 Å². The molecule has 7 nitrogen and oxygen atoms in total. The van der Waals surface area contributed by atoms with E-state index in [4.69, 9.17) is 14.2 Å². The summed E-state index contributed by atoms with van der Waals surface area (Å²) < 4.78 is 16.4. The summed E-state index contributed by atoms with van der Waals surface area (Å²) in [4.78, 5) is 25.3. The molecule has 1 aliphatic carbocycles. The normalized spacial score (nSPS) is 16.6. The summed E-state index contributed by atoms with van der Waals surface area (Å²) in [6, 6.07) is 12.3. The zero-order chi connectivity index (χ0) is 26.7. The van der Waals surface area contributed by atoms with Gasteiger partial charge >= 0.3 is 0 Å². The molecule has 0 aromatic heterocycles. The number of nitrogens with one attached hydrogen (secondary N) is 1. The molecule has 1 amide bonds. The molecule has 2 aromatic rings. The molecule has 1 aliphatic heterocycles. The zero-order valence-corrected chi connectivity index (χ0v) is 22.5. The highest BCUT2D eigenvalue weighted by Crippen LogP contribution is 2.35. The van der Waals surface area contributed by atoms with Crippen molar-refractivity contribution in [3.05, 3.63) is 53.6 Å². The Hall–Kier alpha value is -3.06. The number of ketones is 1. The quantitative estimate of drug-likeness (QED) is 0.241. The molecule has 1 fully saturated rings. The van der Waals surface area contributed by atoms with Crippen LogP contribution in [0.5, 0.6) is 17.2 Å². The van der Waals surface area contributed by atoms with E-state index in [1.54, 1.807) is 31.4 Å².